The second-order valence-corrected chi connectivity index (χ2v) is 6.05. The summed E-state index contributed by atoms with van der Waals surface area (Å²) < 4.78 is 10.1. The summed E-state index contributed by atoms with van der Waals surface area (Å²) in [4.78, 5) is 25.3. The van der Waals surface area contributed by atoms with Gasteiger partial charge < -0.3 is 9.47 Å². The van der Waals surface area contributed by atoms with E-state index in [4.69, 9.17) is 9.47 Å². The van der Waals surface area contributed by atoms with Gasteiger partial charge in [-0.2, -0.15) is 0 Å². The zero-order chi connectivity index (χ0) is 19.4. The van der Waals surface area contributed by atoms with Gasteiger partial charge in [-0.25, -0.2) is 9.59 Å². The van der Waals surface area contributed by atoms with Crippen molar-refractivity contribution in [3.8, 4) is 5.69 Å². The van der Waals surface area contributed by atoms with Crippen molar-refractivity contribution in [2.75, 3.05) is 13.2 Å². The normalized spacial score (nSPS) is 10.6. The molecule has 0 atom stereocenters. The van der Waals surface area contributed by atoms with E-state index < -0.39 is 11.9 Å². The molecular weight excluding hydrogens is 346 g/mol. The summed E-state index contributed by atoms with van der Waals surface area (Å²) in [5, 5.41) is 8.85. The van der Waals surface area contributed by atoms with Crippen molar-refractivity contribution >= 4 is 23.0 Å². The van der Waals surface area contributed by atoms with E-state index in [-0.39, 0.29) is 13.2 Å². The molecule has 0 saturated carbocycles. The fraction of sp³-hybridized carbons (Fsp3) is 0.200. The maximum absolute atomic E-state index is 12.5. The second-order valence-electron chi connectivity index (χ2n) is 6.05. The highest BCUT2D eigenvalue weighted by Gasteiger charge is 2.17. The number of carbonyl (C=O) groups is 2. The number of rotatable bonds is 6. The number of hydrogen-bond acceptors (Lipinski definition) is 6. The lowest BCUT2D eigenvalue weighted by Crippen LogP contribution is -2.16. The van der Waals surface area contributed by atoms with Gasteiger partial charge in [0.15, 0.2) is 0 Å². The van der Waals surface area contributed by atoms with Crippen molar-refractivity contribution in [1.82, 2.24) is 15.0 Å². The topological polar surface area (TPSA) is 83.3 Å². The van der Waals surface area contributed by atoms with E-state index >= 15 is 0 Å². The predicted molar refractivity (Wildman–Crippen MR) is 99.7 cm³/mol. The third-order valence-electron chi connectivity index (χ3n) is 3.77. The molecule has 3 rings (SSSR count). The smallest absolute Gasteiger partial charge is 0.340 e. The van der Waals surface area contributed by atoms with Crippen LogP contribution in [-0.2, 0) is 14.3 Å². The SMILES string of the molecule is C=C(C)C(=O)OCCOC(=O)c1ccc(C)cc1-n1nc2ccccc2n1. The zero-order valence-electron chi connectivity index (χ0n) is 15.1. The van der Waals surface area contributed by atoms with Gasteiger partial charge >= 0.3 is 11.9 Å². The van der Waals surface area contributed by atoms with E-state index in [1.54, 1.807) is 13.0 Å². The molecule has 0 spiro atoms. The first-order valence-electron chi connectivity index (χ1n) is 8.38. The van der Waals surface area contributed by atoms with Gasteiger partial charge in [0, 0.05) is 5.57 Å². The third kappa shape index (κ3) is 4.20. The Bertz CT molecular complexity index is 990. The second kappa shape index (κ2) is 7.82. The molecule has 0 N–H and O–H groups in total. The van der Waals surface area contributed by atoms with Gasteiger partial charge in [0.25, 0.3) is 0 Å². The van der Waals surface area contributed by atoms with Gasteiger partial charge in [-0.15, -0.1) is 15.0 Å². The Morgan fingerprint density at radius 1 is 1.04 bits per heavy atom. The highest BCUT2D eigenvalue weighted by Crippen LogP contribution is 2.19. The van der Waals surface area contributed by atoms with Crippen LogP contribution in [0.3, 0.4) is 0 Å². The minimum Gasteiger partial charge on any atom is -0.459 e. The summed E-state index contributed by atoms with van der Waals surface area (Å²) in [7, 11) is 0. The molecule has 0 radical (unpaired) electrons. The van der Waals surface area contributed by atoms with Crippen LogP contribution >= 0.6 is 0 Å². The maximum atomic E-state index is 12.5. The first-order valence-corrected chi connectivity index (χ1v) is 8.38. The van der Waals surface area contributed by atoms with E-state index in [0.29, 0.717) is 16.8 Å². The summed E-state index contributed by atoms with van der Waals surface area (Å²) >= 11 is 0. The summed E-state index contributed by atoms with van der Waals surface area (Å²) in [6.45, 7) is 6.86. The molecular formula is C20H19N3O4. The number of nitrogens with zero attached hydrogens (tertiary/aromatic N) is 3. The molecule has 0 unspecified atom stereocenters. The number of carbonyl (C=O) groups excluding carboxylic acids is 2. The van der Waals surface area contributed by atoms with E-state index in [1.165, 1.54) is 4.80 Å². The van der Waals surface area contributed by atoms with Crippen LogP contribution in [0.25, 0.3) is 16.7 Å². The molecule has 0 bridgehead atoms. The van der Waals surface area contributed by atoms with E-state index in [1.807, 2.05) is 43.3 Å². The van der Waals surface area contributed by atoms with Crippen molar-refractivity contribution < 1.29 is 19.1 Å². The van der Waals surface area contributed by atoms with Crippen LogP contribution in [0, 0.1) is 6.92 Å². The molecule has 7 nitrogen and oxygen atoms in total. The van der Waals surface area contributed by atoms with Crippen molar-refractivity contribution in [1.29, 1.82) is 0 Å². The number of ether oxygens (including phenoxy) is 2. The fourth-order valence-electron chi connectivity index (χ4n) is 2.42. The van der Waals surface area contributed by atoms with Crippen molar-refractivity contribution in [2.24, 2.45) is 0 Å². The van der Waals surface area contributed by atoms with Crippen LogP contribution < -0.4 is 0 Å². The number of aryl methyl sites for hydroxylation is 1. The van der Waals surface area contributed by atoms with Gasteiger partial charge in [0.1, 0.15) is 29.9 Å². The van der Waals surface area contributed by atoms with Gasteiger partial charge in [0.05, 0.1) is 5.56 Å². The van der Waals surface area contributed by atoms with Crippen LogP contribution in [0.4, 0.5) is 0 Å². The minimum absolute atomic E-state index is 0.0392. The van der Waals surface area contributed by atoms with Gasteiger partial charge in [0.2, 0.25) is 0 Å². The molecule has 7 heteroatoms. The predicted octanol–water partition coefficient (Wildman–Crippen LogP) is 3.01. The molecule has 138 valence electrons. The Hall–Kier alpha value is -3.48. The Balaban J connectivity index is 1.78. The first-order chi connectivity index (χ1) is 13.0. The highest BCUT2D eigenvalue weighted by atomic mass is 16.6. The fourth-order valence-corrected chi connectivity index (χ4v) is 2.42. The summed E-state index contributed by atoms with van der Waals surface area (Å²) in [6, 6.07) is 12.7. The molecule has 0 aliphatic rings. The maximum Gasteiger partial charge on any atom is 0.340 e. The van der Waals surface area contributed by atoms with Crippen LogP contribution in [-0.4, -0.2) is 40.1 Å². The van der Waals surface area contributed by atoms with Crippen molar-refractivity contribution in [3.05, 3.63) is 65.7 Å². The lowest BCUT2D eigenvalue weighted by atomic mass is 10.1. The molecule has 0 saturated heterocycles. The lowest BCUT2D eigenvalue weighted by Gasteiger charge is -2.10. The average molecular weight is 365 g/mol. The van der Waals surface area contributed by atoms with Gasteiger partial charge in [-0.1, -0.05) is 24.8 Å². The van der Waals surface area contributed by atoms with E-state index in [9.17, 15) is 9.59 Å². The molecule has 3 aromatic rings. The Morgan fingerprint density at radius 2 is 1.67 bits per heavy atom. The summed E-state index contributed by atoms with van der Waals surface area (Å²) in [5.41, 5.74) is 3.55. The quantitative estimate of drug-likeness (QED) is 0.379. The van der Waals surface area contributed by atoms with Crippen molar-refractivity contribution in [3.63, 3.8) is 0 Å². The number of aromatic nitrogens is 3. The molecule has 0 fully saturated rings. The highest BCUT2D eigenvalue weighted by molar-refractivity contribution is 5.93. The molecule has 1 aromatic heterocycles. The van der Waals surface area contributed by atoms with Gasteiger partial charge in [-0.3, -0.25) is 0 Å². The number of benzene rings is 2. The van der Waals surface area contributed by atoms with Crippen LogP contribution in [0.1, 0.15) is 22.8 Å². The molecule has 0 aliphatic heterocycles. The first kappa shape index (κ1) is 18.3. The van der Waals surface area contributed by atoms with Gasteiger partial charge in [-0.05, 0) is 43.7 Å². The molecule has 2 aromatic carbocycles. The average Bonchev–Trinajstić information content (AvgIpc) is 3.08. The monoisotopic (exact) mass is 365 g/mol. The molecule has 0 amide bonds. The Morgan fingerprint density at radius 3 is 2.30 bits per heavy atom. The molecule has 27 heavy (non-hydrogen) atoms. The summed E-state index contributed by atoms with van der Waals surface area (Å²) in [6.07, 6.45) is 0. The minimum atomic E-state index is -0.544. The van der Waals surface area contributed by atoms with E-state index in [0.717, 1.165) is 16.6 Å². The number of fused-ring (bicyclic) bond motifs is 1. The molecule has 1 heterocycles. The standard InChI is InChI=1S/C20H19N3O4/c1-13(2)19(24)26-10-11-27-20(25)15-9-8-14(3)12-18(15)23-21-16-6-4-5-7-17(16)22-23/h4-9,12H,1,10-11H2,2-3H3. The Kier molecular flexibility index (Phi) is 5.30. The van der Waals surface area contributed by atoms with E-state index in [2.05, 4.69) is 16.8 Å². The summed E-state index contributed by atoms with van der Waals surface area (Å²) in [5.74, 6) is -1.06. The third-order valence-corrected chi connectivity index (χ3v) is 3.77. The van der Waals surface area contributed by atoms with Crippen molar-refractivity contribution in [2.45, 2.75) is 13.8 Å². The molecule has 0 aliphatic carbocycles. The Labute approximate surface area is 156 Å². The number of esters is 2. The van der Waals surface area contributed by atoms with Crippen LogP contribution in [0.5, 0.6) is 0 Å². The number of hydrogen-bond donors (Lipinski definition) is 0. The largest absolute Gasteiger partial charge is 0.459 e. The lowest BCUT2D eigenvalue weighted by molar-refractivity contribution is -0.140. The zero-order valence-corrected chi connectivity index (χ0v) is 15.1. The van der Waals surface area contributed by atoms with Crippen LogP contribution in [0.2, 0.25) is 0 Å². The van der Waals surface area contributed by atoms with Crippen LogP contribution in [0.15, 0.2) is 54.6 Å².